The second-order valence-corrected chi connectivity index (χ2v) is 5.31. The molecule has 1 heterocycles. The molecule has 0 spiro atoms. The van der Waals surface area contributed by atoms with Crippen molar-refractivity contribution in [2.75, 3.05) is 10.6 Å². The van der Waals surface area contributed by atoms with Crippen molar-refractivity contribution in [1.29, 1.82) is 0 Å². The van der Waals surface area contributed by atoms with Crippen LogP contribution in [0, 0.1) is 6.92 Å². The first-order valence-corrected chi connectivity index (χ1v) is 6.88. The third kappa shape index (κ3) is 3.11. The van der Waals surface area contributed by atoms with Gasteiger partial charge in [0, 0.05) is 11.4 Å². The average Bonchev–Trinajstić information content (AvgIpc) is 2.80. The van der Waals surface area contributed by atoms with Crippen LogP contribution in [0.3, 0.4) is 0 Å². The van der Waals surface area contributed by atoms with Gasteiger partial charge in [0.1, 0.15) is 0 Å². The summed E-state index contributed by atoms with van der Waals surface area (Å²) in [5.41, 5.74) is 4.67. The molecule has 4 heteroatoms. The summed E-state index contributed by atoms with van der Waals surface area (Å²) >= 11 is 0. The van der Waals surface area contributed by atoms with E-state index in [4.69, 9.17) is 0 Å². The van der Waals surface area contributed by atoms with Gasteiger partial charge in [0.2, 0.25) is 11.8 Å². The molecule has 0 aromatic heterocycles. The maximum Gasteiger partial charge on any atom is 0.228 e. The first-order valence-electron chi connectivity index (χ1n) is 6.88. The highest BCUT2D eigenvalue weighted by atomic mass is 16.2. The maximum absolute atomic E-state index is 12.0. The molecule has 0 saturated heterocycles. The topological polar surface area (TPSA) is 58.2 Å². The zero-order valence-electron chi connectivity index (χ0n) is 11.8. The lowest BCUT2D eigenvalue weighted by Crippen LogP contribution is -2.14. The molecule has 2 aromatic rings. The quantitative estimate of drug-likeness (QED) is 0.908. The van der Waals surface area contributed by atoms with Gasteiger partial charge in [-0.15, -0.1) is 0 Å². The van der Waals surface area contributed by atoms with E-state index in [-0.39, 0.29) is 11.8 Å². The number of amides is 2. The molecule has 0 bridgehead atoms. The molecule has 4 nitrogen and oxygen atoms in total. The lowest BCUT2D eigenvalue weighted by atomic mass is 10.1. The minimum absolute atomic E-state index is 0.00579. The van der Waals surface area contributed by atoms with Crippen LogP contribution in [0.2, 0.25) is 0 Å². The summed E-state index contributed by atoms with van der Waals surface area (Å²) < 4.78 is 0. The van der Waals surface area contributed by atoms with E-state index in [1.807, 2.05) is 49.4 Å². The molecule has 2 amide bonds. The molecule has 0 fully saturated rings. The van der Waals surface area contributed by atoms with Gasteiger partial charge in [0.15, 0.2) is 0 Å². The summed E-state index contributed by atoms with van der Waals surface area (Å²) in [5, 5.41) is 5.66. The van der Waals surface area contributed by atoms with Crippen molar-refractivity contribution < 1.29 is 9.59 Å². The van der Waals surface area contributed by atoms with Gasteiger partial charge in [0.25, 0.3) is 0 Å². The first-order chi connectivity index (χ1) is 10.1. The third-order valence-corrected chi connectivity index (χ3v) is 3.49. The first kappa shape index (κ1) is 13.4. The van der Waals surface area contributed by atoms with Crippen LogP contribution >= 0.6 is 0 Å². The van der Waals surface area contributed by atoms with Gasteiger partial charge in [0.05, 0.1) is 12.8 Å². The summed E-state index contributed by atoms with van der Waals surface area (Å²) in [6, 6.07) is 13.3. The highest BCUT2D eigenvalue weighted by molar-refractivity contribution is 5.99. The number of carbonyl (C=O) groups excluding carboxylic acids is 2. The van der Waals surface area contributed by atoms with Crippen molar-refractivity contribution in [1.82, 2.24) is 0 Å². The van der Waals surface area contributed by atoms with Crippen molar-refractivity contribution in [2.24, 2.45) is 0 Å². The van der Waals surface area contributed by atoms with Crippen molar-refractivity contribution in [3.63, 3.8) is 0 Å². The van der Waals surface area contributed by atoms with Crippen molar-refractivity contribution in [3.05, 3.63) is 59.2 Å². The number of benzene rings is 2. The van der Waals surface area contributed by atoms with E-state index in [1.54, 1.807) is 0 Å². The largest absolute Gasteiger partial charge is 0.326 e. The van der Waals surface area contributed by atoms with E-state index >= 15 is 0 Å². The van der Waals surface area contributed by atoms with Crippen LogP contribution in [0.4, 0.5) is 11.4 Å². The average molecular weight is 280 g/mol. The van der Waals surface area contributed by atoms with Gasteiger partial charge in [-0.1, -0.05) is 29.8 Å². The van der Waals surface area contributed by atoms with Gasteiger partial charge in [-0.2, -0.15) is 0 Å². The summed E-state index contributed by atoms with van der Waals surface area (Å²) in [6.07, 6.45) is 0.693. The van der Waals surface area contributed by atoms with Crippen molar-refractivity contribution in [2.45, 2.75) is 19.8 Å². The molecule has 106 valence electrons. The Morgan fingerprint density at radius 2 is 1.95 bits per heavy atom. The fraction of sp³-hybridized carbons (Fsp3) is 0.176. The Hall–Kier alpha value is -2.62. The minimum atomic E-state index is -0.0592. The zero-order chi connectivity index (χ0) is 14.8. The summed E-state index contributed by atoms with van der Waals surface area (Å²) in [6.45, 7) is 2.01. The van der Waals surface area contributed by atoms with Crippen LogP contribution in [0.5, 0.6) is 0 Å². The van der Waals surface area contributed by atoms with Crippen molar-refractivity contribution >= 4 is 23.2 Å². The van der Waals surface area contributed by atoms with Crippen LogP contribution in [0.25, 0.3) is 0 Å². The van der Waals surface area contributed by atoms with Crippen LogP contribution < -0.4 is 10.6 Å². The molecule has 0 saturated carbocycles. The molecule has 3 rings (SSSR count). The number of nitrogens with one attached hydrogen (secondary N) is 2. The molecule has 0 radical (unpaired) electrons. The van der Waals surface area contributed by atoms with Crippen LogP contribution in [-0.4, -0.2) is 11.8 Å². The Bertz CT molecular complexity index is 705. The third-order valence-electron chi connectivity index (χ3n) is 3.49. The molecule has 21 heavy (non-hydrogen) atoms. The van der Waals surface area contributed by atoms with E-state index < -0.39 is 0 Å². The highest BCUT2D eigenvalue weighted by Crippen LogP contribution is 2.24. The summed E-state index contributed by atoms with van der Waals surface area (Å²) in [7, 11) is 0. The fourth-order valence-corrected chi connectivity index (χ4v) is 2.42. The summed E-state index contributed by atoms with van der Waals surface area (Å²) in [5.74, 6) is -0.0534. The van der Waals surface area contributed by atoms with E-state index in [9.17, 15) is 9.59 Å². The van der Waals surface area contributed by atoms with Crippen LogP contribution in [-0.2, 0) is 22.4 Å². The van der Waals surface area contributed by atoms with Gasteiger partial charge < -0.3 is 10.6 Å². The van der Waals surface area contributed by atoms with Gasteiger partial charge in [-0.25, -0.2) is 0 Å². The Kier molecular flexibility index (Phi) is 3.44. The van der Waals surface area contributed by atoms with Gasteiger partial charge >= 0.3 is 0 Å². The molecule has 0 aliphatic carbocycles. The second kappa shape index (κ2) is 5.40. The van der Waals surface area contributed by atoms with Crippen LogP contribution in [0.15, 0.2) is 42.5 Å². The van der Waals surface area contributed by atoms with Crippen molar-refractivity contribution in [3.8, 4) is 0 Å². The molecule has 1 aliphatic heterocycles. The molecule has 2 aromatic carbocycles. The second-order valence-electron chi connectivity index (χ2n) is 5.31. The lowest BCUT2D eigenvalue weighted by Gasteiger charge is -2.07. The minimum Gasteiger partial charge on any atom is -0.326 e. The van der Waals surface area contributed by atoms with Gasteiger partial charge in [-0.05, 0) is 36.2 Å². The molecule has 2 N–H and O–H groups in total. The Morgan fingerprint density at radius 3 is 2.71 bits per heavy atom. The number of aryl methyl sites for hydroxylation is 1. The number of anilines is 2. The molecule has 0 unspecified atom stereocenters. The SMILES string of the molecule is Cc1ccc(NC(=O)Cc2ccc3c(c2)CC(=O)N3)cc1. The predicted molar refractivity (Wildman–Crippen MR) is 82.3 cm³/mol. The summed E-state index contributed by atoms with van der Waals surface area (Å²) in [4.78, 5) is 23.3. The van der Waals surface area contributed by atoms with Gasteiger partial charge in [-0.3, -0.25) is 9.59 Å². The van der Waals surface area contributed by atoms with E-state index in [0.29, 0.717) is 12.8 Å². The Balaban J connectivity index is 1.66. The smallest absolute Gasteiger partial charge is 0.228 e. The maximum atomic E-state index is 12.0. The lowest BCUT2D eigenvalue weighted by molar-refractivity contribution is -0.116. The molecule has 0 atom stereocenters. The van der Waals surface area contributed by atoms with E-state index in [2.05, 4.69) is 10.6 Å². The van der Waals surface area contributed by atoms with E-state index in [1.165, 1.54) is 0 Å². The number of hydrogen-bond donors (Lipinski definition) is 2. The Labute approximate surface area is 123 Å². The normalized spacial score (nSPS) is 12.7. The molecular weight excluding hydrogens is 264 g/mol. The number of hydrogen-bond acceptors (Lipinski definition) is 2. The number of rotatable bonds is 3. The number of fused-ring (bicyclic) bond motifs is 1. The molecule has 1 aliphatic rings. The zero-order valence-corrected chi connectivity index (χ0v) is 11.8. The van der Waals surface area contributed by atoms with E-state index in [0.717, 1.165) is 28.1 Å². The fourth-order valence-electron chi connectivity index (χ4n) is 2.42. The number of carbonyl (C=O) groups is 2. The monoisotopic (exact) mass is 280 g/mol. The molecular formula is C17H16N2O2. The Morgan fingerprint density at radius 1 is 1.19 bits per heavy atom. The highest BCUT2D eigenvalue weighted by Gasteiger charge is 2.17. The standard InChI is InChI=1S/C17H16N2O2/c1-11-2-5-14(6-3-11)18-16(20)9-12-4-7-15-13(8-12)10-17(21)19-15/h2-8H,9-10H2,1H3,(H,18,20)(H,19,21). The predicted octanol–water partition coefficient (Wildman–Crippen LogP) is 2.67. The van der Waals surface area contributed by atoms with Crippen LogP contribution in [0.1, 0.15) is 16.7 Å².